The van der Waals surface area contributed by atoms with Gasteiger partial charge in [-0.25, -0.2) is 0 Å². The molecule has 0 bridgehead atoms. The fourth-order valence-corrected chi connectivity index (χ4v) is 2.84. The monoisotopic (exact) mass is 331 g/mol. The lowest BCUT2D eigenvalue weighted by Gasteiger charge is -2.35. The minimum absolute atomic E-state index is 0.0502. The number of carboxylic acid groups (broad SMARTS) is 1. The van der Waals surface area contributed by atoms with E-state index in [9.17, 15) is 9.59 Å². The maximum atomic E-state index is 12.4. The van der Waals surface area contributed by atoms with Gasteiger partial charge in [-0.15, -0.1) is 0 Å². The topological polar surface area (TPSA) is 66.8 Å². The molecule has 1 heterocycles. The van der Waals surface area contributed by atoms with Crippen LogP contribution in [0.4, 0.5) is 0 Å². The molecular formula is C14H15Cl2NO4. The Kier molecular flexibility index (Phi) is 5.45. The molecule has 7 heteroatoms. The first-order valence-electron chi connectivity index (χ1n) is 6.51. The van der Waals surface area contributed by atoms with Gasteiger partial charge in [-0.05, 0) is 17.7 Å². The Morgan fingerprint density at radius 3 is 2.62 bits per heavy atom. The lowest BCUT2D eigenvalue weighted by molar-refractivity contribution is -0.145. The lowest BCUT2D eigenvalue weighted by Crippen LogP contribution is -2.50. The molecule has 0 spiro atoms. The maximum absolute atomic E-state index is 12.4. The van der Waals surface area contributed by atoms with Crippen molar-refractivity contribution < 1.29 is 19.4 Å². The third kappa shape index (κ3) is 4.09. The van der Waals surface area contributed by atoms with E-state index in [4.69, 9.17) is 33.0 Å². The van der Waals surface area contributed by atoms with Gasteiger partial charge < -0.3 is 14.7 Å². The summed E-state index contributed by atoms with van der Waals surface area (Å²) in [6, 6.07) is 4.60. The van der Waals surface area contributed by atoms with Crippen LogP contribution in [0.5, 0.6) is 0 Å². The highest BCUT2D eigenvalue weighted by Gasteiger charge is 2.29. The molecule has 5 nitrogen and oxygen atoms in total. The van der Waals surface area contributed by atoms with E-state index in [1.54, 1.807) is 18.2 Å². The van der Waals surface area contributed by atoms with E-state index in [2.05, 4.69) is 0 Å². The van der Waals surface area contributed by atoms with Crippen LogP contribution in [0.2, 0.25) is 10.0 Å². The van der Waals surface area contributed by atoms with Crippen molar-refractivity contribution in [3.05, 3.63) is 33.8 Å². The number of carbonyl (C=O) groups excluding carboxylic acids is 1. The van der Waals surface area contributed by atoms with Gasteiger partial charge in [0, 0.05) is 16.6 Å². The number of benzene rings is 1. The zero-order valence-corrected chi connectivity index (χ0v) is 12.7. The third-order valence-corrected chi connectivity index (χ3v) is 4.06. The van der Waals surface area contributed by atoms with Crippen LogP contribution in [0.1, 0.15) is 12.0 Å². The molecule has 1 amide bonds. The molecule has 114 valence electrons. The largest absolute Gasteiger partial charge is 0.481 e. The Morgan fingerprint density at radius 1 is 1.33 bits per heavy atom. The van der Waals surface area contributed by atoms with Gasteiger partial charge in [-0.2, -0.15) is 0 Å². The zero-order valence-electron chi connectivity index (χ0n) is 11.2. The van der Waals surface area contributed by atoms with Crippen molar-refractivity contribution in [1.29, 1.82) is 0 Å². The predicted octanol–water partition coefficient (Wildman–Crippen LogP) is 2.24. The molecule has 0 radical (unpaired) electrons. The highest BCUT2D eigenvalue weighted by molar-refractivity contribution is 6.36. The van der Waals surface area contributed by atoms with Gasteiger partial charge >= 0.3 is 5.97 Å². The van der Waals surface area contributed by atoms with E-state index < -0.39 is 12.0 Å². The van der Waals surface area contributed by atoms with Crippen molar-refractivity contribution >= 4 is 35.1 Å². The van der Waals surface area contributed by atoms with Crippen molar-refractivity contribution in [3.8, 4) is 0 Å². The standard InChI is InChI=1S/C14H15Cl2NO4/c15-11-2-1-3-12(16)10(11)7-13(18)17-4-5-21-8-9(17)6-14(19)20/h1-3,9H,4-8H2,(H,19,20). The maximum Gasteiger partial charge on any atom is 0.305 e. The summed E-state index contributed by atoms with van der Waals surface area (Å²) in [4.78, 5) is 24.8. The van der Waals surface area contributed by atoms with E-state index in [1.165, 1.54) is 4.90 Å². The average molecular weight is 332 g/mol. The summed E-state index contributed by atoms with van der Waals surface area (Å²) in [7, 11) is 0. The molecule has 0 aliphatic carbocycles. The van der Waals surface area contributed by atoms with Crippen LogP contribution in [-0.2, 0) is 20.7 Å². The summed E-state index contributed by atoms with van der Waals surface area (Å²) in [6.45, 7) is 1.01. The highest BCUT2D eigenvalue weighted by atomic mass is 35.5. The molecule has 0 aromatic heterocycles. The average Bonchev–Trinajstić information content (AvgIpc) is 2.43. The smallest absolute Gasteiger partial charge is 0.305 e. The molecule has 1 N–H and O–H groups in total. The van der Waals surface area contributed by atoms with Crippen LogP contribution >= 0.6 is 23.2 Å². The SMILES string of the molecule is O=C(O)CC1COCCN1C(=O)Cc1c(Cl)cccc1Cl. The van der Waals surface area contributed by atoms with Gasteiger partial charge in [0.25, 0.3) is 0 Å². The van der Waals surface area contributed by atoms with Crippen LogP contribution in [0.25, 0.3) is 0 Å². The van der Waals surface area contributed by atoms with E-state index >= 15 is 0 Å². The first-order chi connectivity index (χ1) is 9.99. The molecule has 1 fully saturated rings. The van der Waals surface area contributed by atoms with Crippen molar-refractivity contribution in [2.45, 2.75) is 18.9 Å². The van der Waals surface area contributed by atoms with E-state index in [0.29, 0.717) is 28.8 Å². The molecule has 1 aromatic rings. The number of aliphatic carboxylic acids is 1. The number of hydrogen-bond donors (Lipinski definition) is 1. The summed E-state index contributed by atoms with van der Waals surface area (Å²) in [5.74, 6) is -1.15. The quantitative estimate of drug-likeness (QED) is 0.918. The van der Waals surface area contributed by atoms with Crippen molar-refractivity contribution in [1.82, 2.24) is 4.90 Å². The number of halogens is 2. The molecular weight excluding hydrogens is 317 g/mol. The number of ether oxygens (including phenoxy) is 1. The van der Waals surface area contributed by atoms with E-state index in [-0.39, 0.29) is 25.4 Å². The minimum atomic E-state index is -0.959. The van der Waals surface area contributed by atoms with Crippen LogP contribution in [0, 0.1) is 0 Å². The highest BCUT2D eigenvalue weighted by Crippen LogP contribution is 2.26. The Balaban J connectivity index is 2.12. The van der Waals surface area contributed by atoms with Crippen LogP contribution in [0.3, 0.4) is 0 Å². The van der Waals surface area contributed by atoms with Gasteiger partial charge in [-0.3, -0.25) is 9.59 Å². The molecule has 0 saturated carbocycles. The Labute approximate surface area is 132 Å². The molecule has 1 unspecified atom stereocenters. The minimum Gasteiger partial charge on any atom is -0.481 e. The first kappa shape index (κ1) is 16.1. The summed E-state index contributed by atoms with van der Waals surface area (Å²) in [5.41, 5.74) is 0.561. The van der Waals surface area contributed by atoms with Gasteiger partial charge in [0.1, 0.15) is 0 Å². The van der Waals surface area contributed by atoms with Crippen LogP contribution < -0.4 is 0 Å². The molecule has 1 aliphatic heterocycles. The van der Waals surface area contributed by atoms with Gasteiger partial charge in [0.15, 0.2) is 0 Å². The van der Waals surface area contributed by atoms with Gasteiger partial charge in [-0.1, -0.05) is 29.3 Å². The van der Waals surface area contributed by atoms with E-state index in [0.717, 1.165) is 0 Å². The molecule has 1 aliphatic rings. The van der Waals surface area contributed by atoms with E-state index in [1.807, 2.05) is 0 Å². The van der Waals surface area contributed by atoms with Crippen LogP contribution in [0.15, 0.2) is 18.2 Å². The second-order valence-corrected chi connectivity index (χ2v) is 5.61. The zero-order chi connectivity index (χ0) is 15.4. The molecule has 1 saturated heterocycles. The Hall–Kier alpha value is -1.30. The second-order valence-electron chi connectivity index (χ2n) is 4.79. The van der Waals surface area contributed by atoms with Gasteiger partial charge in [0.2, 0.25) is 5.91 Å². The number of carbonyl (C=O) groups is 2. The number of rotatable bonds is 4. The van der Waals surface area contributed by atoms with Gasteiger partial charge in [0.05, 0.1) is 32.1 Å². The summed E-state index contributed by atoms with van der Waals surface area (Å²) >= 11 is 12.1. The summed E-state index contributed by atoms with van der Waals surface area (Å²) in [6.07, 6.45) is -0.0867. The lowest BCUT2D eigenvalue weighted by atomic mass is 10.1. The number of hydrogen-bond acceptors (Lipinski definition) is 3. The van der Waals surface area contributed by atoms with Crippen LogP contribution in [-0.4, -0.2) is 47.7 Å². The summed E-state index contributed by atoms with van der Waals surface area (Å²) in [5, 5.41) is 9.77. The fraction of sp³-hybridized carbons (Fsp3) is 0.429. The van der Waals surface area contributed by atoms with Crippen molar-refractivity contribution in [2.24, 2.45) is 0 Å². The fourth-order valence-electron chi connectivity index (χ4n) is 2.31. The molecule has 2 rings (SSSR count). The number of nitrogens with zero attached hydrogens (tertiary/aromatic N) is 1. The normalized spacial score (nSPS) is 18.6. The summed E-state index contributed by atoms with van der Waals surface area (Å²) < 4.78 is 5.25. The third-order valence-electron chi connectivity index (χ3n) is 3.35. The van der Waals surface area contributed by atoms with Crippen molar-refractivity contribution in [2.75, 3.05) is 19.8 Å². The molecule has 1 atom stereocenters. The Bertz CT molecular complexity index is 530. The Morgan fingerprint density at radius 2 is 2.00 bits per heavy atom. The molecule has 1 aromatic carbocycles. The number of carboxylic acids is 1. The van der Waals surface area contributed by atoms with Crippen molar-refractivity contribution in [3.63, 3.8) is 0 Å². The number of morpholine rings is 1. The first-order valence-corrected chi connectivity index (χ1v) is 7.26. The predicted molar refractivity (Wildman–Crippen MR) is 78.7 cm³/mol. The second kappa shape index (κ2) is 7.11. The number of amides is 1. The molecule has 21 heavy (non-hydrogen) atoms.